The molecule has 122 valence electrons. The second-order valence-corrected chi connectivity index (χ2v) is 5.43. The van der Waals surface area contributed by atoms with Gasteiger partial charge in [-0.2, -0.15) is 13.2 Å². The highest BCUT2D eigenvalue weighted by molar-refractivity contribution is 5.75. The largest absolute Gasteiger partial charge is 0.465 e. The molecule has 1 aliphatic heterocycles. The van der Waals surface area contributed by atoms with Gasteiger partial charge in [-0.15, -0.1) is 0 Å². The molecule has 0 unspecified atom stereocenters. The minimum Gasteiger partial charge on any atom is -0.465 e. The lowest BCUT2D eigenvalue weighted by atomic mass is 10.0. The van der Waals surface area contributed by atoms with Crippen LogP contribution in [0.25, 0.3) is 0 Å². The molecule has 0 aliphatic carbocycles. The Bertz CT molecular complexity index is 499. The lowest BCUT2D eigenvalue weighted by molar-refractivity contribution is -0.151. The van der Waals surface area contributed by atoms with E-state index in [2.05, 4.69) is 0 Å². The molecule has 0 bridgehead atoms. The van der Waals surface area contributed by atoms with Gasteiger partial charge in [0.25, 0.3) is 0 Å². The number of piperidine rings is 1. The van der Waals surface area contributed by atoms with Crippen LogP contribution in [0.3, 0.4) is 0 Å². The van der Waals surface area contributed by atoms with E-state index in [9.17, 15) is 18.0 Å². The molecule has 1 aliphatic rings. The van der Waals surface area contributed by atoms with Crippen LogP contribution in [0.5, 0.6) is 0 Å². The Morgan fingerprint density at radius 3 is 2.55 bits per heavy atom. The van der Waals surface area contributed by atoms with Crippen LogP contribution in [-0.4, -0.2) is 30.1 Å². The fraction of sp³-hybridized carbons (Fsp3) is 0.562. The third-order valence-electron chi connectivity index (χ3n) is 3.84. The van der Waals surface area contributed by atoms with E-state index >= 15 is 0 Å². The average Bonchev–Trinajstić information content (AvgIpc) is 2.47. The number of rotatable bonds is 4. The number of alkyl halides is 3. The van der Waals surface area contributed by atoms with Crippen molar-refractivity contribution >= 4 is 5.97 Å². The van der Waals surface area contributed by atoms with Crippen molar-refractivity contribution in [3.8, 4) is 0 Å². The summed E-state index contributed by atoms with van der Waals surface area (Å²) in [4.78, 5) is 14.0. The fourth-order valence-corrected chi connectivity index (χ4v) is 2.72. The Labute approximate surface area is 128 Å². The topological polar surface area (TPSA) is 29.5 Å². The Hall–Kier alpha value is -1.56. The van der Waals surface area contributed by atoms with Crippen molar-refractivity contribution in [2.45, 2.75) is 44.9 Å². The van der Waals surface area contributed by atoms with E-state index in [0.29, 0.717) is 13.2 Å². The maximum atomic E-state index is 12.6. The van der Waals surface area contributed by atoms with Gasteiger partial charge >= 0.3 is 12.1 Å². The third kappa shape index (κ3) is 4.22. The molecule has 0 aromatic heterocycles. The highest BCUT2D eigenvalue weighted by atomic mass is 19.4. The number of hydrogen-bond acceptors (Lipinski definition) is 3. The summed E-state index contributed by atoms with van der Waals surface area (Å²) in [5.41, 5.74) is 0.112. The van der Waals surface area contributed by atoms with Gasteiger partial charge in [-0.3, -0.25) is 9.69 Å². The number of esters is 1. The molecule has 1 fully saturated rings. The number of likely N-dealkylation sites (tertiary alicyclic amines) is 1. The Balaban J connectivity index is 2.05. The van der Waals surface area contributed by atoms with Crippen LogP contribution >= 0.6 is 0 Å². The van der Waals surface area contributed by atoms with Gasteiger partial charge in [-0.05, 0) is 44.0 Å². The second-order valence-electron chi connectivity index (χ2n) is 5.43. The summed E-state index contributed by atoms with van der Waals surface area (Å²) >= 11 is 0. The third-order valence-corrected chi connectivity index (χ3v) is 3.84. The van der Waals surface area contributed by atoms with E-state index in [1.807, 2.05) is 4.90 Å². The molecule has 1 atom stereocenters. The maximum absolute atomic E-state index is 12.6. The smallest absolute Gasteiger partial charge is 0.416 e. The minimum atomic E-state index is -4.32. The van der Waals surface area contributed by atoms with Gasteiger partial charge in [0, 0.05) is 6.54 Å². The van der Waals surface area contributed by atoms with E-state index in [1.54, 1.807) is 6.92 Å². The average molecular weight is 315 g/mol. The van der Waals surface area contributed by atoms with Crippen molar-refractivity contribution in [3.05, 3.63) is 35.4 Å². The van der Waals surface area contributed by atoms with Crippen molar-refractivity contribution in [2.75, 3.05) is 13.2 Å². The predicted octanol–water partition coefficient (Wildman–Crippen LogP) is 3.62. The summed E-state index contributed by atoms with van der Waals surface area (Å²) in [6.07, 6.45) is -1.64. The summed E-state index contributed by atoms with van der Waals surface area (Å²) in [5.74, 6) is -0.242. The minimum absolute atomic E-state index is 0.242. The molecule has 22 heavy (non-hydrogen) atoms. The standard InChI is InChI=1S/C16H20F3NO2/c1-2-22-15(21)14-5-3-4-10-20(14)11-12-6-8-13(9-7-12)16(17,18)19/h6-9,14H,2-5,10-11H2,1H3/t14-/m1/s1. The summed E-state index contributed by atoms with van der Waals surface area (Å²) in [6, 6.07) is 4.81. The molecule has 2 rings (SSSR count). The lowest BCUT2D eigenvalue weighted by Crippen LogP contribution is -2.44. The van der Waals surface area contributed by atoms with Crippen LogP contribution in [0.2, 0.25) is 0 Å². The molecular weight excluding hydrogens is 295 g/mol. The van der Waals surface area contributed by atoms with Gasteiger partial charge in [0.1, 0.15) is 6.04 Å². The van der Waals surface area contributed by atoms with E-state index < -0.39 is 11.7 Å². The predicted molar refractivity (Wildman–Crippen MR) is 76.1 cm³/mol. The highest BCUT2D eigenvalue weighted by Gasteiger charge is 2.31. The van der Waals surface area contributed by atoms with Crippen LogP contribution in [0.1, 0.15) is 37.3 Å². The van der Waals surface area contributed by atoms with Crippen LogP contribution in [0.4, 0.5) is 13.2 Å². The second kappa shape index (κ2) is 7.13. The van der Waals surface area contributed by atoms with Gasteiger partial charge in [-0.25, -0.2) is 0 Å². The van der Waals surface area contributed by atoms with Crippen molar-refractivity contribution in [3.63, 3.8) is 0 Å². The maximum Gasteiger partial charge on any atom is 0.416 e. The van der Waals surface area contributed by atoms with Crippen molar-refractivity contribution in [2.24, 2.45) is 0 Å². The first-order valence-corrected chi connectivity index (χ1v) is 7.48. The molecule has 1 aromatic carbocycles. The van der Waals surface area contributed by atoms with Crippen molar-refractivity contribution in [1.29, 1.82) is 0 Å². The summed E-state index contributed by atoms with van der Waals surface area (Å²) in [5, 5.41) is 0. The number of carbonyl (C=O) groups is 1. The normalized spacial score (nSPS) is 19.9. The van der Waals surface area contributed by atoms with Crippen molar-refractivity contribution in [1.82, 2.24) is 4.90 Å². The highest BCUT2D eigenvalue weighted by Crippen LogP contribution is 2.29. The molecule has 1 heterocycles. The van der Waals surface area contributed by atoms with E-state index in [1.165, 1.54) is 12.1 Å². The molecule has 1 saturated heterocycles. The monoisotopic (exact) mass is 315 g/mol. The number of ether oxygens (including phenoxy) is 1. The van der Waals surface area contributed by atoms with E-state index in [-0.39, 0.29) is 12.0 Å². The number of halogens is 3. The molecule has 0 spiro atoms. The van der Waals surface area contributed by atoms with Crippen molar-refractivity contribution < 1.29 is 22.7 Å². The first kappa shape index (κ1) is 16.8. The van der Waals surface area contributed by atoms with Crippen LogP contribution in [0.15, 0.2) is 24.3 Å². The molecule has 0 radical (unpaired) electrons. The summed E-state index contributed by atoms with van der Waals surface area (Å²) in [6.45, 7) is 3.32. The molecule has 1 aromatic rings. The Morgan fingerprint density at radius 2 is 1.95 bits per heavy atom. The SMILES string of the molecule is CCOC(=O)[C@H]1CCCCN1Cc1ccc(C(F)(F)F)cc1. The zero-order valence-electron chi connectivity index (χ0n) is 12.5. The zero-order valence-corrected chi connectivity index (χ0v) is 12.5. The number of carbonyl (C=O) groups excluding carboxylic acids is 1. The quantitative estimate of drug-likeness (QED) is 0.795. The van der Waals surface area contributed by atoms with Gasteiger partial charge in [-0.1, -0.05) is 18.6 Å². The molecule has 0 saturated carbocycles. The van der Waals surface area contributed by atoms with Gasteiger partial charge in [0.05, 0.1) is 12.2 Å². The van der Waals surface area contributed by atoms with Gasteiger partial charge in [0.2, 0.25) is 0 Å². The van der Waals surface area contributed by atoms with Gasteiger partial charge in [0.15, 0.2) is 0 Å². The van der Waals surface area contributed by atoms with Crippen LogP contribution in [0, 0.1) is 0 Å². The first-order chi connectivity index (χ1) is 10.4. The zero-order chi connectivity index (χ0) is 16.2. The molecule has 3 nitrogen and oxygen atoms in total. The number of nitrogens with zero attached hydrogens (tertiary/aromatic N) is 1. The fourth-order valence-electron chi connectivity index (χ4n) is 2.72. The van der Waals surface area contributed by atoms with Crippen LogP contribution < -0.4 is 0 Å². The summed E-state index contributed by atoms with van der Waals surface area (Å²) < 4.78 is 42.8. The molecule has 0 amide bonds. The number of hydrogen-bond donors (Lipinski definition) is 0. The molecular formula is C16H20F3NO2. The Morgan fingerprint density at radius 1 is 1.27 bits per heavy atom. The van der Waals surface area contributed by atoms with E-state index in [0.717, 1.165) is 43.5 Å². The number of benzene rings is 1. The van der Waals surface area contributed by atoms with Gasteiger partial charge < -0.3 is 4.74 Å². The van der Waals surface area contributed by atoms with Crippen LogP contribution in [-0.2, 0) is 22.3 Å². The molecule has 6 heteroatoms. The molecule has 0 N–H and O–H groups in total. The van der Waals surface area contributed by atoms with E-state index in [4.69, 9.17) is 4.74 Å². The first-order valence-electron chi connectivity index (χ1n) is 7.48. The summed E-state index contributed by atoms with van der Waals surface area (Å²) in [7, 11) is 0. The Kier molecular flexibility index (Phi) is 5.45. The lowest BCUT2D eigenvalue weighted by Gasteiger charge is -2.34.